The molecule has 1 aliphatic rings. The first kappa shape index (κ1) is 18.4. The molecule has 5 nitrogen and oxygen atoms in total. The number of nitrogens with zero attached hydrogens (tertiary/aromatic N) is 1. The third-order valence-electron chi connectivity index (χ3n) is 5.40. The summed E-state index contributed by atoms with van der Waals surface area (Å²) in [6.07, 6.45) is 4.36. The van der Waals surface area contributed by atoms with Crippen LogP contribution >= 0.6 is 0 Å². The van der Waals surface area contributed by atoms with Crippen molar-refractivity contribution in [2.45, 2.75) is 25.3 Å². The Hall–Kier alpha value is -2.92. The molecule has 1 saturated heterocycles. The lowest BCUT2D eigenvalue weighted by Gasteiger charge is -2.20. The van der Waals surface area contributed by atoms with E-state index in [1.807, 2.05) is 59.5 Å². The number of amides is 1. The van der Waals surface area contributed by atoms with Crippen molar-refractivity contribution in [3.8, 4) is 0 Å². The van der Waals surface area contributed by atoms with Gasteiger partial charge in [0.15, 0.2) is 5.78 Å². The zero-order chi connectivity index (χ0) is 19.3. The van der Waals surface area contributed by atoms with E-state index in [1.54, 1.807) is 6.20 Å². The first-order valence-corrected chi connectivity index (χ1v) is 9.90. The van der Waals surface area contributed by atoms with E-state index in [4.69, 9.17) is 0 Å². The number of hydrogen-bond donors (Lipinski definition) is 2. The van der Waals surface area contributed by atoms with Crippen LogP contribution in [0.3, 0.4) is 0 Å². The van der Waals surface area contributed by atoms with Crippen LogP contribution in [0, 0.1) is 0 Å². The summed E-state index contributed by atoms with van der Waals surface area (Å²) in [5.41, 5.74) is 2.52. The maximum absolute atomic E-state index is 13.4. The third kappa shape index (κ3) is 3.85. The molecular weight excluding hydrogens is 350 g/mol. The predicted octanol–water partition coefficient (Wildman–Crippen LogP) is 3.69. The Morgan fingerprint density at radius 3 is 2.50 bits per heavy atom. The smallest absolute Gasteiger partial charge is 0.223 e. The minimum absolute atomic E-state index is 0.0114. The van der Waals surface area contributed by atoms with E-state index in [0.29, 0.717) is 18.5 Å². The molecule has 0 saturated carbocycles. The van der Waals surface area contributed by atoms with Crippen molar-refractivity contribution in [2.75, 3.05) is 19.6 Å². The molecule has 0 bridgehead atoms. The van der Waals surface area contributed by atoms with Crippen LogP contribution in [0.25, 0.3) is 10.9 Å². The van der Waals surface area contributed by atoms with Crippen molar-refractivity contribution in [1.29, 1.82) is 0 Å². The molecule has 1 aliphatic heterocycles. The minimum Gasteiger partial charge on any atom is -0.360 e. The second-order valence-corrected chi connectivity index (χ2v) is 7.25. The standard InChI is InChI=1S/C23H25N3O2/c27-21(26-14-6-7-15-26)12-13-24-22(17-8-2-1-3-9-17)23(28)19-16-25-20-11-5-4-10-18(19)20/h1-5,8-11,16,22,24-25H,6-7,12-15H2. The zero-order valence-electron chi connectivity index (χ0n) is 15.9. The topological polar surface area (TPSA) is 65.2 Å². The summed E-state index contributed by atoms with van der Waals surface area (Å²) in [5.74, 6) is 0.175. The molecule has 0 radical (unpaired) electrons. The van der Waals surface area contributed by atoms with Crippen LogP contribution in [0.1, 0.15) is 41.2 Å². The highest BCUT2D eigenvalue weighted by Crippen LogP contribution is 2.24. The fraction of sp³-hybridized carbons (Fsp3) is 0.304. The number of carbonyl (C=O) groups excluding carboxylic acids is 2. The lowest BCUT2D eigenvalue weighted by atomic mass is 9.97. The third-order valence-corrected chi connectivity index (χ3v) is 5.40. The van der Waals surface area contributed by atoms with Gasteiger partial charge in [-0.25, -0.2) is 0 Å². The van der Waals surface area contributed by atoms with E-state index in [1.165, 1.54) is 0 Å². The van der Waals surface area contributed by atoms with Gasteiger partial charge in [0.2, 0.25) is 5.91 Å². The van der Waals surface area contributed by atoms with E-state index in [0.717, 1.165) is 42.4 Å². The van der Waals surface area contributed by atoms with Crippen molar-refractivity contribution in [3.05, 3.63) is 71.9 Å². The Kier molecular flexibility index (Phi) is 5.53. The van der Waals surface area contributed by atoms with Crippen LogP contribution in [0.4, 0.5) is 0 Å². The number of aromatic amines is 1. The number of likely N-dealkylation sites (tertiary alicyclic amines) is 1. The lowest BCUT2D eigenvalue weighted by Crippen LogP contribution is -2.34. The van der Waals surface area contributed by atoms with Crippen molar-refractivity contribution in [2.24, 2.45) is 0 Å². The Labute approximate surface area is 164 Å². The van der Waals surface area contributed by atoms with Gasteiger partial charge in [-0.15, -0.1) is 0 Å². The van der Waals surface area contributed by atoms with E-state index in [2.05, 4.69) is 10.3 Å². The molecule has 1 atom stereocenters. The number of rotatable bonds is 7. The Morgan fingerprint density at radius 2 is 1.71 bits per heavy atom. The van der Waals surface area contributed by atoms with Gasteiger partial charge in [-0.1, -0.05) is 48.5 Å². The second-order valence-electron chi connectivity index (χ2n) is 7.25. The van der Waals surface area contributed by atoms with Crippen LogP contribution in [0.15, 0.2) is 60.8 Å². The molecule has 28 heavy (non-hydrogen) atoms. The van der Waals surface area contributed by atoms with Crippen LogP contribution in [0.2, 0.25) is 0 Å². The zero-order valence-corrected chi connectivity index (χ0v) is 15.9. The first-order valence-electron chi connectivity index (χ1n) is 9.90. The van der Waals surface area contributed by atoms with Crippen molar-refractivity contribution in [1.82, 2.24) is 15.2 Å². The number of ketones is 1. The summed E-state index contributed by atoms with van der Waals surface area (Å²) < 4.78 is 0. The van der Waals surface area contributed by atoms with Gasteiger partial charge in [-0.2, -0.15) is 0 Å². The van der Waals surface area contributed by atoms with Crippen LogP contribution in [-0.4, -0.2) is 41.2 Å². The molecular formula is C23H25N3O2. The summed E-state index contributed by atoms with van der Waals surface area (Å²) in [6.45, 7) is 2.19. The largest absolute Gasteiger partial charge is 0.360 e. The summed E-state index contributed by atoms with van der Waals surface area (Å²) in [4.78, 5) is 30.8. The van der Waals surface area contributed by atoms with Gasteiger partial charge in [0, 0.05) is 48.7 Å². The van der Waals surface area contributed by atoms with Crippen molar-refractivity contribution < 1.29 is 9.59 Å². The number of benzene rings is 2. The molecule has 1 fully saturated rings. The van der Waals surface area contributed by atoms with Crippen LogP contribution in [0.5, 0.6) is 0 Å². The SMILES string of the molecule is O=C(c1c[nH]c2ccccc12)C(NCCC(=O)N1CCCC1)c1ccccc1. The van der Waals surface area contributed by atoms with Crippen molar-refractivity contribution in [3.63, 3.8) is 0 Å². The number of H-pyrrole nitrogens is 1. The predicted molar refractivity (Wildman–Crippen MR) is 110 cm³/mol. The Balaban J connectivity index is 1.52. The molecule has 144 valence electrons. The van der Waals surface area contributed by atoms with E-state index >= 15 is 0 Å². The summed E-state index contributed by atoms with van der Waals surface area (Å²) in [6, 6.07) is 17.0. The van der Waals surface area contributed by atoms with Gasteiger partial charge >= 0.3 is 0 Å². The average Bonchev–Trinajstić information content (AvgIpc) is 3.41. The molecule has 2 aromatic carbocycles. The number of hydrogen-bond acceptors (Lipinski definition) is 3. The summed E-state index contributed by atoms with van der Waals surface area (Å²) >= 11 is 0. The summed E-state index contributed by atoms with van der Waals surface area (Å²) in [7, 11) is 0. The van der Waals surface area contributed by atoms with E-state index in [-0.39, 0.29) is 11.7 Å². The monoisotopic (exact) mass is 375 g/mol. The molecule has 1 unspecified atom stereocenters. The lowest BCUT2D eigenvalue weighted by molar-refractivity contribution is -0.130. The molecule has 0 spiro atoms. The highest BCUT2D eigenvalue weighted by Gasteiger charge is 2.25. The molecule has 1 aromatic heterocycles. The fourth-order valence-corrected chi connectivity index (χ4v) is 3.89. The molecule has 4 rings (SSSR count). The number of nitrogens with one attached hydrogen (secondary N) is 2. The van der Waals surface area contributed by atoms with Gasteiger partial charge in [0.25, 0.3) is 0 Å². The quantitative estimate of drug-likeness (QED) is 0.619. The van der Waals surface area contributed by atoms with Gasteiger partial charge in [-0.3, -0.25) is 9.59 Å². The second kappa shape index (κ2) is 8.40. The minimum atomic E-state index is -0.480. The number of para-hydroxylation sites is 1. The fourth-order valence-electron chi connectivity index (χ4n) is 3.89. The molecule has 3 aromatic rings. The first-order chi connectivity index (χ1) is 13.7. The Morgan fingerprint density at radius 1 is 1.00 bits per heavy atom. The maximum Gasteiger partial charge on any atom is 0.223 e. The molecule has 2 heterocycles. The number of fused-ring (bicyclic) bond motifs is 1. The van der Waals surface area contributed by atoms with Gasteiger partial charge in [-0.05, 0) is 24.5 Å². The maximum atomic E-state index is 13.4. The average molecular weight is 375 g/mol. The normalized spacial score (nSPS) is 15.1. The van der Waals surface area contributed by atoms with Gasteiger partial charge in [0.05, 0.1) is 6.04 Å². The number of aromatic nitrogens is 1. The molecule has 2 N–H and O–H groups in total. The molecule has 5 heteroatoms. The Bertz CT molecular complexity index is 958. The molecule has 0 aliphatic carbocycles. The van der Waals surface area contributed by atoms with E-state index < -0.39 is 6.04 Å². The molecule has 1 amide bonds. The van der Waals surface area contributed by atoms with E-state index in [9.17, 15) is 9.59 Å². The van der Waals surface area contributed by atoms with Gasteiger partial charge < -0.3 is 15.2 Å². The summed E-state index contributed by atoms with van der Waals surface area (Å²) in [5, 5.41) is 4.25. The number of Topliss-reactive ketones (excluding diaryl/α,β-unsaturated/α-hetero) is 1. The van der Waals surface area contributed by atoms with Crippen LogP contribution < -0.4 is 5.32 Å². The van der Waals surface area contributed by atoms with Gasteiger partial charge in [0.1, 0.15) is 0 Å². The highest BCUT2D eigenvalue weighted by molar-refractivity contribution is 6.10. The van der Waals surface area contributed by atoms with Crippen molar-refractivity contribution >= 4 is 22.6 Å². The number of carbonyl (C=O) groups is 2. The van der Waals surface area contributed by atoms with Crippen LogP contribution in [-0.2, 0) is 4.79 Å². The highest BCUT2D eigenvalue weighted by atomic mass is 16.2.